The van der Waals surface area contributed by atoms with Gasteiger partial charge in [-0.05, 0) is 24.3 Å². The number of anilines is 1. The SMILES string of the molecule is CCC(=O)Nc1ccc(OC[C@H](O)CNC(C)C)cc1. The van der Waals surface area contributed by atoms with Crippen molar-refractivity contribution in [3.05, 3.63) is 24.3 Å². The van der Waals surface area contributed by atoms with E-state index in [4.69, 9.17) is 4.74 Å². The van der Waals surface area contributed by atoms with Gasteiger partial charge in [0.05, 0.1) is 0 Å². The molecular formula is C15H24N2O3. The summed E-state index contributed by atoms with van der Waals surface area (Å²) in [6, 6.07) is 7.44. The molecule has 20 heavy (non-hydrogen) atoms. The highest BCUT2D eigenvalue weighted by Crippen LogP contribution is 2.16. The fourth-order valence-corrected chi connectivity index (χ4v) is 1.51. The lowest BCUT2D eigenvalue weighted by atomic mass is 10.3. The van der Waals surface area contributed by atoms with Crippen LogP contribution in [0.1, 0.15) is 27.2 Å². The Kier molecular flexibility index (Phi) is 7.04. The van der Waals surface area contributed by atoms with Crippen LogP contribution in [0.2, 0.25) is 0 Å². The fourth-order valence-electron chi connectivity index (χ4n) is 1.51. The number of hydrogen-bond acceptors (Lipinski definition) is 4. The van der Waals surface area contributed by atoms with Gasteiger partial charge in [-0.3, -0.25) is 4.79 Å². The number of nitrogens with one attached hydrogen (secondary N) is 2. The van der Waals surface area contributed by atoms with E-state index in [9.17, 15) is 9.90 Å². The summed E-state index contributed by atoms with van der Waals surface area (Å²) in [7, 11) is 0. The van der Waals surface area contributed by atoms with Crippen LogP contribution < -0.4 is 15.4 Å². The lowest BCUT2D eigenvalue weighted by Gasteiger charge is -2.15. The van der Waals surface area contributed by atoms with Crippen molar-refractivity contribution in [2.75, 3.05) is 18.5 Å². The molecular weight excluding hydrogens is 256 g/mol. The van der Waals surface area contributed by atoms with Gasteiger partial charge in [0.2, 0.25) is 5.91 Å². The minimum atomic E-state index is -0.545. The maximum absolute atomic E-state index is 11.2. The molecule has 0 heterocycles. The first-order valence-electron chi connectivity index (χ1n) is 6.95. The average Bonchev–Trinajstić information content (AvgIpc) is 2.44. The van der Waals surface area contributed by atoms with Crippen LogP contribution in [-0.4, -0.2) is 36.3 Å². The molecule has 0 saturated carbocycles. The third kappa shape index (κ3) is 6.54. The van der Waals surface area contributed by atoms with Gasteiger partial charge in [-0.25, -0.2) is 0 Å². The molecule has 0 bridgehead atoms. The van der Waals surface area contributed by atoms with E-state index in [1.165, 1.54) is 0 Å². The molecule has 1 rings (SSSR count). The number of amides is 1. The van der Waals surface area contributed by atoms with Crippen molar-refractivity contribution in [3.63, 3.8) is 0 Å². The van der Waals surface area contributed by atoms with Crippen molar-refractivity contribution in [1.82, 2.24) is 5.32 Å². The van der Waals surface area contributed by atoms with Gasteiger partial charge in [-0.2, -0.15) is 0 Å². The molecule has 0 spiro atoms. The van der Waals surface area contributed by atoms with E-state index in [1.54, 1.807) is 31.2 Å². The van der Waals surface area contributed by atoms with Gasteiger partial charge >= 0.3 is 0 Å². The summed E-state index contributed by atoms with van der Waals surface area (Å²) in [5.41, 5.74) is 0.742. The van der Waals surface area contributed by atoms with E-state index in [-0.39, 0.29) is 12.5 Å². The summed E-state index contributed by atoms with van der Waals surface area (Å²) < 4.78 is 5.48. The summed E-state index contributed by atoms with van der Waals surface area (Å²) in [6.07, 6.45) is -0.0929. The monoisotopic (exact) mass is 280 g/mol. The van der Waals surface area contributed by atoms with Gasteiger partial charge in [-0.15, -0.1) is 0 Å². The van der Waals surface area contributed by atoms with E-state index in [0.717, 1.165) is 5.69 Å². The van der Waals surface area contributed by atoms with E-state index in [0.29, 0.717) is 24.8 Å². The minimum Gasteiger partial charge on any atom is -0.491 e. The number of aliphatic hydroxyl groups is 1. The van der Waals surface area contributed by atoms with Gasteiger partial charge in [-0.1, -0.05) is 20.8 Å². The quantitative estimate of drug-likeness (QED) is 0.679. The topological polar surface area (TPSA) is 70.6 Å². The maximum atomic E-state index is 11.2. The van der Waals surface area contributed by atoms with Crippen LogP contribution in [-0.2, 0) is 4.79 Å². The van der Waals surface area contributed by atoms with Crippen molar-refractivity contribution in [2.45, 2.75) is 39.3 Å². The van der Waals surface area contributed by atoms with Gasteiger partial charge < -0.3 is 20.5 Å². The molecule has 112 valence electrons. The van der Waals surface area contributed by atoms with Crippen molar-refractivity contribution in [3.8, 4) is 5.75 Å². The second-order valence-corrected chi connectivity index (χ2v) is 4.95. The molecule has 1 aromatic carbocycles. The minimum absolute atomic E-state index is 0.0196. The van der Waals surface area contributed by atoms with Gasteiger partial charge in [0, 0.05) is 24.7 Å². The molecule has 1 aromatic rings. The number of hydrogen-bond donors (Lipinski definition) is 3. The van der Waals surface area contributed by atoms with Gasteiger partial charge in [0.15, 0.2) is 0 Å². The third-order valence-electron chi connectivity index (χ3n) is 2.66. The molecule has 3 N–H and O–H groups in total. The summed E-state index contributed by atoms with van der Waals surface area (Å²) in [5, 5.41) is 15.6. The Morgan fingerprint density at radius 2 is 1.95 bits per heavy atom. The van der Waals surface area contributed by atoms with Crippen molar-refractivity contribution in [2.24, 2.45) is 0 Å². The molecule has 0 fully saturated rings. The number of benzene rings is 1. The zero-order valence-electron chi connectivity index (χ0n) is 12.3. The Labute approximate surface area is 120 Å². The molecule has 0 saturated heterocycles. The average molecular weight is 280 g/mol. The number of ether oxygens (including phenoxy) is 1. The first-order chi connectivity index (χ1) is 9.51. The fraction of sp³-hybridized carbons (Fsp3) is 0.533. The summed E-state index contributed by atoms with van der Waals surface area (Å²) in [5.74, 6) is 0.650. The van der Waals surface area contributed by atoms with Crippen LogP contribution in [0.25, 0.3) is 0 Å². The molecule has 5 heteroatoms. The molecule has 0 aliphatic carbocycles. The lowest BCUT2D eigenvalue weighted by Crippen LogP contribution is -2.35. The normalized spacial score (nSPS) is 12.2. The zero-order chi connectivity index (χ0) is 15.0. The molecule has 0 aromatic heterocycles. The molecule has 0 unspecified atom stereocenters. The molecule has 0 aliphatic heterocycles. The van der Waals surface area contributed by atoms with Crippen LogP contribution in [0.15, 0.2) is 24.3 Å². The summed E-state index contributed by atoms with van der Waals surface area (Å²) >= 11 is 0. The van der Waals surface area contributed by atoms with Crippen LogP contribution in [0, 0.1) is 0 Å². The number of rotatable bonds is 8. The highest BCUT2D eigenvalue weighted by atomic mass is 16.5. The van der Waals surface area contributed by atoms with Crippen molar-refractivity contribution >= 4 is 11.6 Å². The second kappa shape index (κ2) is 8.55. The Morgan fingerprint density at radius 1 is 1.30 bits per heavy atom. The Bertz CT molecular complexity index is 404. The van der Waals surface area contributed by atoms with Crippen molar-refractivity contribution < 1.29 is 14.6 Å². The van der Waals surface area contributed by atoms with Crippen LogP contribution in [0.4, 0.5) is 5.69 Å². The van der Waals surface area contributed by atoms with E-state index < -0.39 is 6.10 Å². The first kappa shape index (κ1) is 16.5. The Morgan fingerprint density at radius 3 is 2.50 bits per heavy atom. The highest BCUT2D eigenvalue weighted by Gasteiger charge is 2.06. The molecule has 5 nitrogen and oxygen atoms in total. The summed E-state index contributed by atoms with van der Waals surface area (Å²) in [6.45, 7) is 6.59. The maximum Gasteiger partial charge on any atom is 0.224 e. The van der Waals surface area contributed by atoms with Crippen LogP contribution >= 0.6 is 0 Å². The smallest absolute Gasteiger partial charge is 0.224 e. The molecule has 0 radical (unpaired) electrons. The second-order valence-electron chi connectivity index (χ2n) is 4.95. The molecule has 1 atom stereocenters. The Balaban J connectivity index is 2.36. The predicted molar refractivity (Wildman–Crippen MR) is 80.0 cm³/mol. The highest BCUT2D eigenvalue weighted by molar-refractivity contribution is 5.90. The molecule has 1 amide bonds. The van der Waals surface area contributed by atoms with Crippen LogP contribution in [0.3, 0.4) is 0 Å². The zero-order valence-corrected chi connectivity index (χ0v) is 12.3. The number of aliphatic hydroxyl groups excluding tert-OH is 1. The Hall–Kier alpha value is -1.59. The first-order valence-corrected chi connectivity index (χ1v) is 6.95. The lowest BCUT2D eigenvalue weighted by molar-refractivity contribution is -0.115. The number of carbonyl (C=O) groups is 1. The standard InChI is InChI=1S/C15H24N2O3/c1-4-15(19)17-12-5-7-14(8-6-12)20-10-13(18)9-16-11(2)3/h5-8,11,13,16,18H,4,9-10H2,1-3H3,(H,17,19)/t13-/m1/s1. The summed E-state index contributed by atoms with van der Waals surface area (Å²) in [4.78, 5) is 11.2. The van der Waals surface area contributed by atoms with Crippen LogP contribution in [0.5, 0.6) is 5.75 Å². The van der Waals surface area contributed by atoms with Gasteiger partial charge in [0.1, 0.15) is 18.5 Å². The van der Waals surface area contributed by atoms with Gasteiger partial charge in [0.25, 0.3) is 0 Å². The third-order valence-corrected chi connectivity index (χ3v) is 2.66. The van der Waals surface area contributed by atoms with E-state index in [2.05, 4.69) is 10.6 Å². The number of carbonyl (C=O) groups excluding carboxylic acids is 1. The largest absolute Gasteiger partial charge is 0.491 e. The van der Waals surface area contributed by atoms with E-state index in [1.807, 2.05) is 13.8 Å². The van der Waals surface area contributed by atoms with Crippen molar-refractivity contribution in [1.29, 1.82) is 0 Å². The predicted octanol–water partition coefficient (Wildman–Crippen LogP) is 1.77. The molecule has 0 aliphatic rings. The van der Waals surface area contributed by atoms with E-state index >= 15 is 0 Å².